The second-order valence-corrected chi connectivity index (χ2v) is 2.88. The number of rotatable bonds is 2. The smallest absolute Gasteiger partial charge is 0.414 e. The fraction of sp³-hybridized carbons (Fsp3) is 0.200. The molecule has 0 bridgehead atoms. The van der Waals surface area contributed by atoms with Gasteiger partial charge in [-0.25, -0.2) is 9.69 Å². The first-order valence-corrected chi connectivity index (χ1v) is 4.21. The number of benzene rings is 1. The van der Waals surface area contributed by atoms with Crippen LogP contribution in [0, 0.1) is 0 Å². The summed E-state index contributed by atoms with van der Waals surface area (Å²) in [5.74, 6) is 0.0506. The molecule has 80 valence electrons. The van der Waals surface area contributed by atoms with Crippen LogP contribution in [0.4, 0.5) is 4.79 Å². The molecule has 1 aromatic carbocycles. The molecule has 0 fully saturated rings. The summed E-state index contributed by atoms with van der Waals surface area (Å²) in [5.41, 5.74) is 0.306. The van der Waals surface area contributed by atoms with E-state index in [-0.39, 0.29) is 0 Å². The Bertz CT molecular complexity index is 372. The summed E-state index contributed by atoms with van der Waals surface area (Å²) >= 11 is 0. The molecule has 2 amide bonds. The van der Waals surface area contributed by atoms with Gasteiger partial charge in [0.1, 0.15) is 5.75 Å². The van der Waals surface area contributed by atoms with Crippen LogP contribution in [0.25, 0.3) is 0 Å². The van der Waals surface area contributed by atoms with Gasteiger partial charge in [0.05, 0.1) is 7.11 Å². The third-order valence-corrected chi connectivity index (χ3v) is 1.93. The molecule has 0 aliphatic rings. The molecule has 0 radical (unpaired) electrons. The lowest BCUT2D eigenvalue weighted by Gasteiger charge is -2.10. The molecule has 0 heterocycles. The fourth-order valence-corrected chi connectivity index (χ4v) is 1.01. The minimum atomic E-state index is -1.28. The molecule has 5 nitrogen and oxygen atoms in total. The molecule has 1 aromatic rings. The number of nitrogens with zero attached hydrogens (tertiary/aromatic N) is 1. The molecule has 5 heteroatoms. The van der Waals surface area contributed by atoms with Gasteiger partial charge in [0.25, 0.3) is 5.91 Å². The molecule has 0 aliphatic carbocycles. The molecule has 0 atom stereocenters. The number of hydrogen-bond acceptors (Lipinski definition) is 3. The molecular weight excluding hydrogens is 198 g/mol. The van der Waals surface area contributed by atoms with Crippen molar-refractivity contribution in [3.05, 3.63) is 29.8 Å². The number of carboxylic acid groups (broad SMARTS) is 1. The highest BCUT2D eigenvalue weighted by Crippen LogP contribution is 2.12. The van der Waals surface area contributed by atoms with Crippen LogP contribution in [0.3, 0.4) is 0 Å². The Balaban J connectivity index is 2.87. The van der Waals surface area contributed by atoms with Crippen molar-refractivity contribution in [1.29, 1.82) is 0 Å². The number of imide groups is 1. The van der Waals surface area contributed by atoms with Gasteiger partial charge in [0.2, 0.25) is 0 Å². The van der Waals surface area contributed by atoms with E-state index in [9.17, 15) is 9.59 Å². The van der Waals surface area contributed by atoms with Gasteiger partial charge in [-0.1, -0.05) is 0 Å². The van der Waals surface area contributed by atoms with Gasteiger partial charge in [-0.3, -0.25) is 4.79 Å². The van der Waals surface area contributed by atoms with E-state index in [2.05, 4.69) is 0 Å². The second kappa shape index (κ2) is 4.45. The molecule has 1 N–H and O–H groups in total. The third-order valence-electron chi connectivity index (χ3n) is 1.93. The Morgan fingerprint density at radius 2 is 1.80 bits per heavy atom. The van der Waals surface area contributed by atoms with Crippen LogP contribution < -0.4 is 4.74 Å². The van der Waals surface area contributed by atoms with E-state index in [0.717, 1.165) is 0 Å². The Labute approximate surface area is 86.9 Å². The molecule has 0 unspecified atom stereocenters. The van der Waals surface area contributed by atoms with E-state index in [1.165, 1.54) is 26.3 Å². The summed E-state index contributed by atoms with van der Waals surface area (Å²) in [6.07, 6.45) is -1.28. The number of carbonyl (C=O) groups is 2. The quantitative estimate of drug-likeness (QED) is 0.800. The van der Waals surface area contributed by atoms with Gasteiger partial charge in [-0.2, -0.15) is 0 Å². The summed E-state index contributed by atoms with van der Waals surface area (Å²) in [6.45, 7) is 0. The van der Waals surface area contributed by atoms with Crippen molar-refractivity contribution >= 4 is 12.0 Å². The Kier molecular flexibility index (Phi) is 3.28. The van der Waals surface area contributed by atoms with Crippen molar-refractivity contribution in [2.45, 2.75) is 0 Å². The van der Waals surface area contributed by atoms with Crippen molar-refractivity contribution in [2.75, 3.05) is 14.2 Å². The highest BCUT2D eigenvalue weighted by molar-refractivity contribution is 6.02. The first-order valence-electron chi connectivity index (χ1n) is 4.21. The zero-order chi connectivity index (χ0) is 11.4. The van der Waals surface area contributed by atoms with E-state index in [1.54, 1.807) is 12.1 Å². The number of hydrogen-bond donors (Lipinski definition) is 1. The van der Waals surface area contributed by atoms with Gasteiger partial charge < -0.3 is 9.84 Å². The lowest BCUT2D eigenvalue weighted by Crippen LogP contribution is -2.31. The average Bonchev–Trinajstić information content (AvgIpc) is 2.27. The number of amides is 2. The monoisotopic (exact) mass is 209 g/mol. The minimum absolute atomic E-state index is 0.306. The summed E-state index contributed by atoms with van der Waals surface area (Å²) in [6, 6.07) is 6.23. The predicted octanol–water partition coefficient (Wildman–Crippen LogP) is 1.45. The SMILES string of the molecule is COc1ccc(C(=O)N(C)C(=O)O)cc1. The summed E-state index contributed by atoms with van der Waals surface area (Å²) < 4.78 is 4.92. The Hall–Kier alpha value is -2.04. The van der Waals surface area contributed by atoms with Gasteiger partial charge >= 0.3 is 6.09 Å². The summed E-state index contributed by atoms with van der Waals surface area (Å²) in [5, 5.41) is 8.59. The van der Waals surface area contributed by atoms with Gasteiger partial charge in [-0.15, -0.1) is 0 Å². The number of methoxy groups -OCH3 is 1. The molecule has 0 saturated carbocycles. The largest absolute Gasteiger partial charge is 0.497 e. The summed E-state index contributed by atoms with van der Waals surface area (Å²) in [7, 11) is 2.72. The first-order chi connectivity index (χ1) is 7.06. The normalized spacial score (nSPS) is 9.47. The fourth-order valence-electron chi connectivity index (χ4n) is 1.01. The maximum absolute atomic E-state index is 11.5. The highest BCUT2D eigenvalue weighted by Gasteiger charge is 2.16. The molecule has 0 aliphatic heterocycles. The van der Waals surface area contributed by atoms with E-state index in [1.807, 2.05) is 0 Å². The lowest BCUT2D eigenvalue weighted by atomic mass is 10.2. The van der Waals surface area contributed by atoms with Crippen LogP contribution in [0.1, 0.15) is 10.4 Å². The number of carbonyl (C=O) groups excluding carboxylic acids is 1. The van der Waals surface area contributed by atoms with Crippen LogP contribution in [0.5, 0.6) is 5.75 Å². The van der Waals surface area contributed by atoms with Crippen LogP contribution in [0.15, 0.2) is 24.3 Å². The maximum atomic E-state index is 11.5. The van der Waals surface area contributed by atoms with Crippen molar-refractivity contribution in [2.24, 2.45) is 0 Å². The van der Waals surface area contributed by atoms with Crippen LogP contribution >= 0.6 is 0 Å². The Morgan fingerprint density at radius 1 is 1.27 bits per heavy atom. The number of ether oxygens (including phenoxy) is 1. The van der Waals surface area contributed by atoms with Crippen LogP contribution in [-0.2, 0) is 0 Å². The second-order valence-electron chi connectivity index (χ2n) is 2.88. The van der Waals surface area contributed by atoms with Gasteiger partial charge in [0, 0.05) is 12.6 Å². The van der Waals surface area contributed by atoms with Crippen LogP contribution in [0.2, 0.25) is 0 Å². The third kappa shape index (κ3) is 2.46. The van der Waals surface area contributed by atoms with E-state index in [4.69, 9.17) is 9.84 Å². The molecular formula is C10H11NO4. The average molecular weight is 209 g/mol. The predicted molar refractivity (Wildman–Crippen MR) is 53.1 cm³/mol. The van der Waals surface area contributed by atoms with E-state index in [0.29, 0.717) is 16.2 Å². The zero-order valence-electron chi connectivity index (χ0n) is 8.43. The minimum Gasteiger partial charge on any atom is -0.497 e. The lowest BCUT2D eigenvalue weighted by molar-refractivity contribution is 0.0782. The maximum Gasteiger partial charge on any atom is 0.414 e. The standard InChI is InChI=1S/C10H11NO4/c1-11(10(13)14)9(12)7-3-5-8(15-2)6-4-7/h3-6H,1-2H3,(H,13,14). The highest BCUT2D eigenvalue weighted by atomic mass is 16.5. The molecule has 0 saturated heterocycles. The van der Waals surface area contributed by atoms with Gasteiger partial charge in [0.15, 0.2) is 0 Å². The van der Waals surface area contributed by atoms with Crippen LogP contribution in [-0.4, -0.2) is 36.2 Å². The van der Waals surface area contributed by atoms with Crippen molar-refractivity contribution in [3.8, 4) is 5.75 Å². The first kappa shape index (κ1) is 11.0. The summed E-state index contributed by atoms with van der Waals surface area (Å²) in [4.78, 5) is 22.6. The molecule has 0 aromatic heterocycles. The zero-order valence-corrected chi connectivity index (χ0v) is 8.43. The van der Waals surface area contributed by atoms with Gasteiger partial charge in [-0.05, 0) is 24.3 Å². The molecule has 15 heavy (non-hydrogen) atoms. The van der Waals surface area contributed by atoms with E-state index < -0.39 is 12.0 Å². The van der Waals surface area contributed by atoms with Crippen molar-refractivity contribution in [3.63, 3.8) is 0 Å². The molecule has 1 rings (SSSR count). The van der Waals surface area contributed by atoms with Crippen molar-refractivity contribution < 1.29 is 19.4 Å². The Morgan fingerprint density at radius 3 is 2.20 bits per heavy atom. The van der Waals surface area contributed by atoms with E-state index >= 15 is 0 Å². The molecule has 0 spiro atoms. The van der Waals surface area contributed by atoms with Crippen molar-refractivity contribution in [1.82, 2.24) is 4.90 Å². The topological polar surface area (TPSA) is 66.8 Å².